The van der Waals surface area contributed by atoms with Crippen molar-refractivity contribution in [2.45, 2.75) is 11.0 Å². The molecule has 1 N–H and O–H groups in total. The predicted octanol–water partition coefficient (Wildman–Crippen LogP) is 2.02. The van der Waals surface area contributed by atoms with Crippen molar-refractivity contribution >= 4 is 17.7 Å². The van der Waals surface area contributed by atoms with Gasteiger partial charge in [0.05, 0.1) is 24.0 Å². The quantitative estimate of drug-likeness (QED) is 0.850. The molecule has 0 bridgehead atoms. The van der Waals surface area contributed by atoms with E-state index in [1.54, 1.807) is 18.2 Å². The fraction of sp³-hybridized carbons (Fsp3) is 0.364. The number of thioether (sulfide) groups is 1. The van der Waals surface area contributed by atoms with Gasteiger partial charge in [-0.05, 0) is 17.7 Å². The van der Waals surface area contributed by atoms with Gasteiger partial charge in [0.15, 0.2) is 0 Å². The molecular weight excluding hydrogens is 212 g/mol. The third-order valence-electron chi connectivity index (χ3n) is 2.27. The average Bonchev–Trinajstić information content (AvgIpc) is 2.16. The summed E-state index contributed by atoms with van der Waals surface area (Å²) in [5.41, 5.74) is 1.42. The number of ether oxygens (including phenoxy) is 1. The van der Waals surface area contributed by atoms with Gasteiger partial charge in [0, 0.05) is 5.75 Å². The van der Waals surface area contributed by atoms with Crippen LogP contribution in [0.3, 0.4) is 0 Å². The predicted molar refractivity (Wildman–Crippen MR) is 59.3 cm³/mol. The van der Waals surface area contributed by atoms with E-state index in [9.17, 15) is 4.79 Å². The Bertz CT molecular complexity index is 361. The Morgan fingerprint density at radius 3 is 2.93 bits per heavy atom. The SMILES string of the molecule is O=C(O)c1cccc(CSC2COC2)c1. The Kier molecular flexibility index (Phi) is 3.28. The van der Waals surface area contributed by atoms with Gasteiger partial charge >= 0.3 is 5.97 Å². The summed E-state index contributed by atoms with van der Waals surface area (Å²) >= 11 is 1.82. The molecule has 0 amide bonds. The largest absolute Gasteiger partial charge is 0.478 e. The van der Waals surface area contributed by atoms with Crippen molar-refractivity contribution in [3.63, 3.8) is 0 Å². The van der Waals surface area contributed by atoms with Crippen LogP contribution in [0.25, 0.3) is 0 Å². The number of aromatic carboxylic acids is 1. The molecule has 1 saturated heterocycles. The lowest BCUT2D eigenvalue weighted by atomic mass is 10.1. The van der Waals surface area contributed by atoms with Crippen LogP contribution in [0.4, 0.5) is 0 Å². The van der Waals surface area contributed by atoms with Gasteiger partial charge in [-0.15, -0.1) is 11.8 Å². The highest BCUT2D eigenvalue weighted by Crippen LogP contribution is 2.23. The molecule has 0 atom stereocenters. The fourth-order valence-electron chi connectivity index (χ4n) is 1.32. The molecule has 0 spiro atoms. The van der Waals surface area contributed by atoms with Gasteiger partial charge in [0.25, 0.3) is 0 Å². The molecule has 1 aliphatic rings. The van der Waals surface area contributed by atoms with Gasteiger partial charge < -0.3 is 9.84 Å². The number of carboxylic acid groups (broad SMARTS) is 1. The number of benzene rings is 1. The Labute approximate surface area is 92.4 Å². The molecule has 4 heteroatoms. The summed E-state index contributed by atoms with van der Waals surface area (Å²) in [6, 6.07) is 7.09. The van der Waals surface area contributed by atoms with Gasteiger partial charge in [-0.2, -0.15) is 0 Å². The Hall–Kier alpha value is -1.00. The van der Waals surface area contributed by atoms with E-state index in [0.717, 1.165) is 24.5 Å². The third-order valence-corrected chi connectivity index (χ3v) is 3.51. The smallest absolute Gasteiger partial charge is 0.335 e. The lowest BCUT2D eigenvalue weighted by Gasteiger charge is -2.25. The second-order valence-electron chi connectivity index (χ2n) is 3.48. The molecule has 1 aliphatic heterocycles. The first-order valence-electron chi connectivity index (χ1n) is 4.77. The maximum atomic E-state index is 10.7. The molecule has 0 aliphatic carbocycles. The number of carboxylic acids is 1. The van der Waals surface area contributed by atoms with E-state index in [4.69, 9.17) is 9.84 Å². The molecule has 1 fully saturated rings. The van der Waals surface area contributed by atoms with Crippen LogP contribution in [0.2, 0.25) is 0 Å². The minimum Gasteiger partial charge on any atom is -0.478 e. The normalized spacial score (nSPS) is 16.0. The van der Waals surface area contributed by atoms with Crippen LogP contribution in [0.1, 0.15) is 15.9 Å². The lowest BCUT2D eigenvalue weighted by Crippen LogP contribution is -2.30. The molecule has 15 heavy (non-hydrogen) atoms. The first kappa shape index (κ1) is 10.5. The van der Waals surface area contributed by atoms with Crippen molar-refractivity contribution in [1.29, 1.82) is 0 Å². The zero-order chi connectivity index (χ0) is 10.7. The number of hydrogen-bond donors (Lipinski definition) is 1. The number of rotatable bonds is 4. The van der Waals surface area contributed by atoms with Crippen LogP contribution in [0, 0.1) is 0 Å². The molecule has 0 radical (unpaired) electrons. The van der Waals surface area contributed by atoms with Crippen LogP contribution < -0.4 is 0 Å². The summed E-state index contributed by atoms with van der Waals surface area (Å²) in [7, 11) is 0. The van der Waals surface area contributed by atoms with Crippen LogP contribution in [-0.2, 0) is 10.5 Å². The molecule has 0 aromatic heterocycles. The van der Waals surface area contributed by atoms with E-state index >= 15 is 0 Å². The molecule has 2 rings (SSSR count). The van der Waals surface area contributed by atoms with Gasteiger partial charge in [0.1, 0.15) is 0 Å². The fourth-order valence-corrected chi connectivity index (χ4v) is 2.31. The number of hydrogen-bond acceptors (Lipinski definition) is 3. The highest BCUT2D eigenvalue weighted by molar-refractivity contribution is 7.99. The highest BCUT2D eigenvalue weighted by Gasteiger charge is 2.18. The summed E-state index contributed by atoms with van der Waals surface area (Å²) in [6.07, 6.45) is 0. The van der Waals surface area contributed by atoms with E-state index in [0.29, 0.717) is 10.8 Å². The first-order valence-corrected chi connectivity index (χ1v) is 5.82. The van der Waals surface area contributed by atoms with E-state index in [2.05, 4.69) is 0 Å². The second kappa shape index (κ2) is 4.68. The Morgan fingerprint density at radius 2 is 2.33 bits per heavy atom. The van der Waals surface area contributed by atoms with Crippen molar-refractivity contribution < 1.29 is 14.6 Å². The zero-order valence-electron chi connectivity index (χ0n) is 8.18. The maximum Gasteiger partial charge on any atom is 0.335 e. The van der Waals surface area contributed by atoms with Gasteiger partial charge in [-0.3, -0.25) is 0 Å². The Morgan fingerprint density at radius 1 is 1.53 bits per heavy atom. The van der Waals surface area contributed by atoms with Crippen molar-refractivity contribution in [1.82, 2.24) is 0 Å². The van der Waals surface area contributed by atoms with Gasteiger partial charge in [0.2, 0.25) is 0 Å². The molecule has 0 saturated carbocycles. The first-order chi connectivity index (χ1) is 7.25. The van der Waals surface area contributed by atoms with Gasteiger partial charge in [-0.25, -0.2) is 4.79 Å². The summed E-state index contributed by atoms with van der Waals surface area (Å²) in [6.45, 7) is 1.65. The van der Waals surface area contributed by atoms with Crippen molar-refractivity contribution in [2.75, 3.05) is 13.2 Å². The maximum absolute atomic E-state index is 10.7. The molecule has 80 valence electrons. The second-order valence-corrected chi connectivity index (χ2v) is 4.76. The summed E-state index contributed by atoms with van der Waals surface area (Å²) in [5.74, 6) is -0.0105. The lowest BCUT2D eigenvalue weighted by molar-refractivity contribution is 0.0455. The molecular formula is C11H12O3S. The van der Waals surface area contributed by atoms with E-state index in [1.165, 1.54) is 0 Å². The molecule has 3 nitrogen and oxygen atoms in total. The van der Waals surface area contributed by atoms with Crippen LogP contribution in [0.5, 0.6) is 0 Å². The van der Waals surface area contributed by atoms with Crippen LogP contribution in [-0.4, -0.2) is 29.5 Å². The molecule has 1 heterocycles. The van der Waals surface area contributed by atoms with Crippen LogP contribution in [0.15, 0.2) is 24.3 Å². The number of carbonyl (C=O) groups is 1. The van der Waals surface area contributed by atoms with E-state index in [1.807, 2.05) is 17.8 Å². The van der Waals surface area contributed by atoms with Crippen molar-refractivity contribution in [3.05, 3.63) is 35.4 Å². The highest BCUT2D eigenvalue weighted by atomic mass is 32.2. The third kappa shape index (κ3) is 2.73. The van der Waals surface area contributed by atoms with Crippen molar-refractivity contribution in [3.8, 4) is 0 Å². The average molecular weight is 224 g/mol. The Balaban J connectivity index is 1.94. The minimum atomic E-state index is -0.867. The molecule has 0 unspecified atom stereocenters. The summed E-state index contributed by atoms with van der Waals surface area (Å²) in [5, 5.41) is 9.40. The monoisotopic (exact) mass is 224 g/mol. The molecule has 1 aromatic rings. The van der Waals surface area contributed by atoms with E-state index < -0.39 is 5.97 Å². The standard InChI is InChI=1S/C11H12O3S/c12-11(13)9-3-1-2-8(4-9)7-15-10-5-14-6-10/h1-4,10H,5-7H2,(H,12,13). The topological polar surface area (TPSA) is 46.5 Å². The van der Waals surface area contributed by atoms with E-state index in [-0.39, 0.29) is 0 Å². The van der Waals surface area contributed by atoms with Crippen molar-refractivity contribution in [2.24, 2.45) is 0 Å². The van der Waals surface area contributed by atoms with Crippen LogP contribution >= 0.6 is 11.8 Å². The zero-order valence-corrected chi connectivity index (χ0v) is 9.00. The summed E-state index contributed by atoms with van der Waals surface area (Å²) < 4.78 is 5.07. The van der Waals surface area contributed by atoms with Gasteiger partial charge in [-0.1, -0.05) is 12.1 Å². The summed E-state index contributed by atoms with van der Waals surface area (Å²) in [4.78, 5) is 10.7. The molecule has 1 aromatic carbocycles. The minimum absolute atomic E-state index is 0.359.